The first-order valence-electron chi connectivity index (χ1n) is 13.0. The van der Waals surface area contributed by atoms with Crippen LogP contribution in [-0.2, 0) is 22.5 Å². The van der Waals surface area contributed by atoms with E-state index in [1.54, 1.807) is 32.7 Å². The van der Waals surface area contributed by atoms with Gasteiger partial charge in [0.1, 0.15) is 18.8 Å². The second-order valence-corrected chi connectivity index (χ2v) is 9.73. The molecule has 39 heavy (non-hydrogen) atoms. The minimum Gasteiger partial charge on any atom is -0.375 e. The van der Waals surface area contributed by atoms with Gasteiger partial charge < -0.3 is 20.3 Å². The van der Waals surface area contributed by atoms with E-state index >= 15 is 0 Å². The van der Waals surface area contributed by atoms with Crippen LogP contribution in [0, 0.1) is 0 Å². The predicted molar refractivity (Wildman–Crippen MR) is 151 cm³/mol. The van der Waals surface area contributed by atoms with Crippen LogP contribution in [0.2, 0.25) is 0 Å². The Hall–Kier alpha value is -4.37. The molecule has 1 aliphatic heterocycles. The highest BCUT2D eigenvalue weighted by atomic mass is 16.5. The van der Waals surface area contributed by atoms with Crippen molar-refractivity contribution in [1.82, 2.24) is 25.2 Å². The molecule has 2 aromatic heterocycles. The van der Waals surface area contributed by atoms with Crippen molar-refractivity contribution in [3.8, 4) is 11.3 Å². The van der Waals surface area contributed by atoms with Gasteiger partial charge in [0.25, 0.3) is 5.91 Å². The fraction of sp³-hybridized carbons (Fsp3) is 0.300. The lowest BCUT2D eigenvalue weighted by Crippen LogP contribution is -2.38. The fourth-order valence-electron chi connectivity index (χ4n) is 5.05. The number of methoxy groups -OCH3 is 1. The molecule has 0 aliphatic carbocycles. The third-order valence-corrected chi connectivity index (χ3v) is 7.20. The van der Waals surface area contributed by atoms with Crippen LogP contribution in [-0.4, -0.2) is 65.5 Å². The van der Waals surface area contributed by atoms with Crippen LogP contribution in [0.4, 0.5) is 5.82 Å². The second kappa shape index (κ2) is 11.6. The van der Waals surface area contributed by atoms with E-state index < -0.39 is 0 Å². The number of pyridine rings is 1. The van der Waals surface area contributed by atoms with E-state index in [1.165, 1.54) is 5.56 Å². The number of hydrogen-bond acceptors (Lipinski definition) is 7. The molecule has 200 valence electrons. The van der Waals surface area contributed by atoms with Gasteiger partial charge in [-0.3, -0.25) is 14.6 Å². The summed E-state index contributed by atoms with van der Waals surface area (Å²) in [6.07, 6.45) is 4.05. The molecule has 0 fully saturated rings. The standard InChI is InChI=1S/C30H32N6O3/c1-19(23-5-4-6-24-25(30(38)31-2)9-11-32-29(23)24)15-33-27-14-26(34-18-35-27)21-7-8-22-16-36(28(37)17-39-3)12-10-20(22)13-21/h4-9,11,13-14,18-19H,10,12,15-17H2,1-3H3,(H,31,38)(H,33,34,35). The number of amides is 2. The van der Waals surface area contributed by atoms with Gasteiger partial charge in [-0.1, -0.05) is 37.3 Å². The van der Waals surface area contributed by atoms with Gasteiger partial charge in [0.2, 0.25) is 5.91 Å². The molecule has 1 atom stereocenters. The lowest BCUT2D eigenvalue weighted by atomic mass is 9.95. The van der Waals surface area contributed by atoms with Crippen LogP contribution >= 0.6 is 0 Å². The molecule has 2 aromatic carbocycles. The first-order valence-corrected chi connectivity index (χ1v) is 13.0. The molecule has 0 radical (unpaired) electrons. The van der Waals surface area contributed by atoms with Crippen molar-refractivity contribution in [1.29, 1.82) is 0 Å². The van der Waals surface area contributed by atoms with Gasteiger partial charge in [-0.25, -0.2) is 9.97 Å². The van der Waals surface area contributed by atoms with E-state index in [-0.39, 0.29) is 24.3 Å². The molecule has 4 aromatic rings. The minimum atomic E-state index is -0.127. The molecular weight excluding hydrogens is 492 g/mol. The number of rotatable bonds is 8. The Labute approximate surface area is 227 Å². The summed E-state index contributed by atoms with van der Waals surface area (Å²) < 4.78 is 5.00. The Morgan fingerprint density at radius 2 is 1.95 bits per heavy atom. The van der Waals surface area contributed by atoms with E-state index in [0.717, 1.165) is 45.5 Å². The Balaban J connectivity index is 1.30. The smallest absolute Gasteiger partial charge is 0.251 e. The molecule has 0 spiro atoms. The molecule has 2 N–H and O–H groups in total. The van der Waals surface area contributed by atoms with Crippen molar-refractivity contribution in [2.75, 3.05) is 39.2 Å². The topological polar surface area (TPSA) is 109 Å². The molecule has 9 nitrogen and oxygen atoms in total. The number of fused-ring (bicyclic) bond motifs is 2. The van der Waals surface area contributed by atoms with Crippen molar-refractivity contribution in [3.05, 3.63) is 83.3 Å². The zero-order valence-corrected chi connectivity index (χ0v) is 22.4. The van der Waals surface area contributed by atoms with Crippen LogP contribution in [0.5, 0.6) is 0 Å². The molecule has 1 unspecified atom stereocenters. The highest BCUT2D eigenvalue weighted by Gasteiger charge is 2.21. The van der Waals surface area contributed by atoms with Gasteiger partial charge in [0.05, 0.1) is 16.8 Å². The highest BCUT2D eigenvalue weighted by Crippen LogP contribution is 2.28. The maximum atomic E-state index is 12.3. The number of ether oxygens (including phenoxy) is 1. The van der Waals surface area contributed by atoms with Crippen molar-refractivity contribution >= 4 is 28.5 Å². The average molecular weight is 525 g/mol. The van der Waals surface area contributed by atoms with E-state index in [9.17, 15) is 9.59 Å². The predicted octanol–water partition coefficient (Wildman–Crippen LogP) is 3.80. The number of benzene rings is 2. The summed E-state index contributed by atoms with van der Waals surface area (Å²) in [6, 6.07) is 15.9. The monoisotopic (exact) mass is 524 g/mol. The fourth-order valence-corrected chi connectivity index (χ4v) is 5.05. The van der Waals surface area contributed by atoms with Crippen molar-refractivity contribution < 1.29 is 14.3 Å². The number of nitrogens with one attached hydrogen (secondary N) is 2. The molecule has 0 bridgehead atoms. The Bertz CT molecular complexity index is 1520. The van der Waals surface area contributed by atoms with Gasteiger partial charge in [-0.15, -0.1) is 0 Å². The summed E-state index contributed by atoms with van der Waals surface area (Å²) in [5.41, 5.74) is 6.74. The Morgan fingerprint density at radius 3 is 2.77 bits per heavy atom. The van der Waals surface area contributed by atoms with Crippen LogP contribution in [0.3, 0.4) is 0 Å². The second-order valence-electron chi connectivity index (χ2n) is 9.73. The normalized spacial score (nSPS) is 13.6. The van der Waals surface area contributed by atoms with Gasteiger partial charge >= 0.3 is 0 Å². The molecule has 3 heterocycles. The van der Waals surface area contributed by atoms with Crippen LogP contribution in [0.25, 0.3) is 22.2 Å². The summed E-state index contributed by atoms with van der Waals surface area (Å²) in [4.78, 5) is 39.9. The number of nitrogens with zero attached hydrogens (tertiary/aromatic N) is 4. The summed E-state index contributed by atoms with van der Waals surface area (Å²) in [5.74, 6) is 0.740. The summed E-state index contributed by atoms with van der Waals surface area (Å²) in [6.45, 7) is 4.15. The largest absolute Gasteiger partial charge is 0.375 e. The van der Waals surface area contributed by atoms with Crippen LogP contribution in [0.1, 0.15) is 39.9 Å². The lowest BCUT2D eigenvalue weighted by molar-refractivity contribution is -0.136. The van der Waals surface area contributed by atoms with Crippen molar-refractivity contribution in [3.63, 3.8) is 0 Å². The van der Waals surface area contributed by atoms with Gasteiger partial charge in [-0.2, -0.15) is 0 Å². The van der Waals surface area contributed by atoms with Crippen molar-refractivity contribution in [2.24, 2.45) is 0 Å². The highest BCUT2D eigenvalue weighted by molar-refractivity contribution is 6.06. The number of hydrogen-bond donors (Lipinski definition) is 2. The zero-order chi connectivity index (χ0) is 27.4. The van der Waals surface area contributed by atoms with Crippen LogP contribution in [0.15, 0.2) is 61.1 Å². The minimum absolute atomic E-state index is 0.0131. The molecular formula is C30H32N6O3. The summed E-state index contributed by atoms with van der Waals surface area (Å²) >= 11 is 0. The van der Waals surface area contributed by atoms with E-state index in [1.807, 2.05) is 29.2 Å². The summed E-state index contributed by atoms with van der Waals surface area (Å²) in [7, 11) is 3.17. The number of carbonyl (C=O) groups excluding carboxylic acids is 2. The molecule has 2 amide bonds. The zero-order valence-electron chi connectivity index (χ0n) is 22.4. The third-order valence-electron chi connectivity index (χ3n) is 7.20. The maximum Gasteiger partial charge on any atom is 0.251 e. The van der Waals surface area contributed by atoms with E-state index in [4.69, 9.17) is 4.74 Å². The van der Waals surface area contributed by atoms with Gasteiger partial charge in [-0.05, 0) is 35.2 Å². The number of aromatic nitrogens is 3. The Kier molecular flexibility index (Phi) is 7.79. The van der Waals surface area contributed by atoms with E-state index in [0.29, 0.717) is 25.2 Å². The average Bonchev–Trinajstić information content (AvgIpc) is 2.98. The number of carbonyl (C=O) groups is 2. The molecule has 1 aliphatic rings. The first-order chi connectivity index (χ1) is 19.0. The molecule has 5 rings (SSSR count). The van der Waals surface area contributed by atoms with Gasteiger partial charge in [0, 0.05) is 62.9 Å². The molecule has 0 saturated carbocycles. The summed E-state index contributed by atoms with van der Waals surface area (Å²) in [5, 5.41) is 6.98. The third kappa shape index (κ3) is 5.58. The number of para-hydroxylation sites is 1. The quantitative estimate of drug-likeness (QED) is 0.361. The van der Waals surface area contributed by atoms with Gasteiger partial charge in [0.15, 0.2) is 0 Å². The van der Waals surface area contributed by atoms with Crippen LogP contribution < -0.4 is 10.6 Å². The maximum absolute atomic E-state index is 12.3. The number of anilines is 1. The Morgan fingerprint density at radius 1 is 1.08 bits per heavy atom. The lowest BCUT2D eigenvalue weighted by Gasteiger charge is -2.29. The molecule has 9 heteroatoms. The van der Waals surface area contributed by atoms with E-state index in [2.05, 4.69) is 50.7 Å². The van der Waals surface area contributed by atoms with Crippen molar-refractivity contribution in [2.45, 2.75) is 25.8 Å². The SMILES string of the molecule is CNC(=O)c1ccnc2c(C(C)CNc3cc(-c4ccc5c(c4)CCN(C(=O)COC)C5)ncn3)cccc12. The molecule has 0 saturated heterocycles. The first kappa shape index (κ1) is 26.2.